The number of fused-ring (bicyclic) bond motifs is 2. The van der Waals surface area contributed by atoms with Crippen molar-refractivity contribution in [3.8, 4) is 33.6 Å². The first kappa shape index (κ1) is 49.0. The Kier molecular flexibility index (Phi) is 12.5. The van der Waals surface area contributed by atoms with Gasteiger partial charge in [0, 0.05) is 58.1 Å². The topological polar surface area (TPSA) is 196 Å². The van der Waals surface area contributed by atoms with Gasteiger partial charge in [-0.2, -0.15) is 35.1 Å². The second-order valence-corrected chi connectivity index (χ2v) is 16.6. The third kappa shape index (κ3) is 9.51. The highest BCUT2D eigenvalue weighted by Gasteiger charge is 2.58. The molecule has 71 heavy (non-hydrogen) atoms. The highest BCUT2D eigenvalue weighted by Crippen LogP contribution is 2.45. The minimum absolute atomic E-state index is 0.0415. The van der Waals surface area contributed by atoms with Crippen LogP contribution >= 0.6 is 0 Å². The van der Waals surface area contributed by atoms with E-state index in [1.54, 1.807) is 36.7 Å². The molecule has 0 aliphatic carbocycles. The van der Waals surface area contributed by atoms with E-state index in [9.17, 15) is 49.1 Å². The average Bonchev–Trinajstić information content (AvgIpc) is 3.89. The Bertz CT molecular complexity index is 3370. The summed E-state index contributed by atoms with van der Waals surface area (Å²) in [4.78, 5) is 42.8. The lowest BCUT2D eigenvalue weighted by Crippen LogP contribution is -2.33. The molecule has 4 heterocycles. The van der Waals surface area contributed by atoms with Crippen molar-refractivity contribution in [3.63, 3.8) is 0 Å². The number of hydrogen-bond acceptors (Lipinski definition) is 8. The molecule has 8 N–H and O–H groups in total. The van der Waals surface area contributed by atoms with Crippen LogP contribution in [-0.2, 0) is 12.1 Å². The van der Waals surface area contributed by atoms with E-state index in [-0.39, 0.29) is 58.3 Å². The Labute approximate surface area is 395 Å². The fourth-order valence-corrected chi connectivity index (χ4v) is 7.73. The molecule has 0 bridgehead atoms. The summed E-state index contributed by atoms with van der Waals surface area (Å²) in [6.45, 7) is 7.44. The van der Waals surface area contributed by atoms with Crippen molar-refractivity contribution < 1.29 is 53.5 Å². The maximum absolute atomic E-state index is 15.8. The number of carbonyl (C=O) groups is 2. The molecular weight excluding hydrogens is 955 g/mol. The van der Waals surface area contributed by atoms with Gasteiger partial charge in [-0.25, -0.2) is 38.3 Å². The summed E-state index contributed by atoms with van der Waals surface area (Å²) in [5.74, 6) is -8.51. The number of halogens is 10. The number of carbonyl (C=O) groups excluding carboxylic acids is 2. The molecule has 24 heteroatoms. The zero-order chi connectivity index (χ0) is 51.5. The SMILES string of the molecule is CC(C)n1cc(-c2ccc(NC(=O)Nc3cc(C(F)(F)F)c(-c4nc(N)c5c(-c6ccc(NC(=O)Nc7cc(C(F)(F)C(F)(F)F)ccc7F)cc6)cn(C(C)C)c5n4)cc3F)cc2)c2c(N)ncnc21. The number of nitrogen functional groups attached to an aromatic ring is 2. The first-order chi connectivity index (χ1) is 33.3. The maximum atomic E-state index is 15.8. The van der Waals surface area contributed by atoms with Crippen LogP contribution in [0.4, 0.5) is 87.9 Å². The van der Waals surface area contributed by atoms with Crippen LogP contribution in [0.15, 0.2) is 97.6 Å². The molecule has 0 radical (unpaired) electrons. The summed E-state index contributed by atoms with van der Waals surface area (Å²) in [5, 5.41) is 9.64. The Morgan fingerprint density at radius 2 is 1.08 bits per heavy atom. The molecule has 4 aromatic heterocycles. The number of rotatable bonds is 10. The van der Waals surface area contributed by atoms with Gasteiger partial charge in [0.15, 0.2) is 5.82 Å². The lowest BCUT2D eigenvalue weighted by atomic mass is 10.0. The number of urea groups is 2. The minimum atomic E-state index is -5.99. The lowest BCUT2D eigenvalue weighted by Gasteiger charge is -2.20. The van der Waals surface area contributed by atoms with E-state index in [0.717, 1.165) is 5.56 Å². The van der Waals surface area contributed by atoms with Gasteiger partial charge < -0.3 is 41.9 Å². The molecule has 0 aliphatic rings. The van der Waals surface area contributed by atoms with Crippen LogP contribution in [-0.4, -0.2) is 47.3 Å². The van der Waals surface area contributed by atoms with E-state index in [2.05, 4.69) is 35.9 Å². The van der Waals surface area contributed by atoms with E-state index >= 15 is 4.39 Å². The Hall–Kier alpha value is -8.44. The third-order valence-corrected chi connectivity index (χ3v) is 11.2. The van der Waals surface area contributed by atoms with Gasteiger partial charge in [0.25, 0.3) is 0 Å². The first-order valence-electron chi connectivity index (χ1n) is 21.1. The first-order valence-corrected chi connectivity index (χ1v) is 21.1. The third-order valence-electron chi connectivity index (χ3n) is 11.2. The summed E-state index contributed by atoms with van der Waals surface area (Å²) in [6.07, 6.45) is -6.28. The largest absolute Gasteiger partial charge is 0.458 e. The predicted molar refractivity (Wildman–Crippen MR) is 248 cm³/mol. The zero-order valence-corrected chi connectivity index (χ0v) is 37.3. The zero-order valence-electron chi connectivity index (χ0n) is 37.3. The maximum Gasteiger partial charge on any atom is 0.458 e. The van der Waals surface area contributed by atoms with Crippen molar-refractivity contribution in [3.05, 3.63) is 120 Å². The normalized spacial score (nSPS) is 12.3. The van der Waals surface area contributed by atoms with Gasteiger partial charge in [-0.1, -0.05) is 24.3 Å². The standard InChI is InChI=1S/C47H38F10N12O2/c1-21(2)68-18-29(36-38(58)60-20-61-41(36)68)23-5-10-27(11-6-23)63-44(71)65-35-17-31(46(52,53)54)28(16-33(35)49)40-66-39(59)37-30(19-69(22(3)4)42(37)67-40)24-7-12-26(13-8-24)62-43(70)64-34-15-25(9-14-32(34)48)45(50,51)47(55,56)57/h5-22H,1-4H3,(H2,58,60,61)(H2,59,66,67)(H2,62,64,70)(H2,63,65,71). The number of nitrogens with zero attached hydrogens (tertiary/aromatic N) is 6. The van der Waals surface area contributed by atoms with Gasteiger partial charge in [-0.3, -0.25) is 0 Å². The lowest BCUT2D eigenvalue weighted by molar-refractivity contribution is -0.289. The highest BCUT2D eigenvalue weighted by atomic mass is 19.4. The Balaban J connectivity index is 1.02. The van der Waals surface area contributed by atoms with Crippen LogP contribution in [0.25, 0.3) is 55.7 Å². The Morgan fingerprint density at radius 3 is 1.59 bits per heavy atom. The molecule has 8 aromatic rings. The van der Waals surface area contributed by atoms with Crippen LogP contribution in [0.2, 0.25) is 0 Å². The van der Waals surface area contributed by atoms with Crippen molar-refractivity contribution >= 4 is 68.5 Å². The second kappa shape index (κ2) is 18.1. The number of hydrogen-bond donors (Lipinski definition) is 6. The molecule has 0 fully saturated rings. The number of anilines is 6. The van der Waals surface area contributed by atoms with Crippen LogP contribution < -0.4 is 32.7 Å². The van der Waals surface area contributed by atoms with Gasteiger partial charge in [0.05, 0.1) is 27.7 Å². The molecule has 14 nitrogen and oxygen atoms in total. The van der Waals surface area contributed by atoms with Crippen LogP contribution in [0.5, 0.6) is 0 Å². The quantitative estimate of drug-likeness (QED) is 0.0728. The summed E-state index contributed by atoms with van der Waals surface area (Å²) in [6, 6.07) is 11.2. The van der Waals surface area contributed by atoms with E-state index in [4.69, 9.17) is 11.5 Å². The number of benzene rings is 4. The van der Waals surface area contributed by atoms with E-state index in [0.29, 0.717) is 45.9 Å². The van der Waals surface area contributed by atoms with Gasteiger partial charge in [0.1, 0.15) is 40.9 Å². The summed E-state index contributed by atoms with van der Waals surface area (Å²) in [7, 11) is 0. The highest BCUT2D eigenvalue weighted by molar-refractivity contribution is 6.04. The fraction of sp³-hybridized carbons (Fsp3) is 0.191. The van der Waals surface area contributed by atoms with Gasteiger partial charge in [-0.15, -0.1) is 0 Å². The van der Waals surface area contributed by atoms with E-state index in [1.807, 2.05) is 29.9 Å². The van der Waals surface area contributed by atoms with E-state index < -0.39 is 75.9 Å². The van der Waals surface area contributed by atoms with Crippen LogP contribution in [0.3, 0.4) is 0 Å². The van der Waals surface area contributed by atoms with E-state index in [1.165, 1.54) is 42.7 Å². The molecule has 4 aromatic carbocycles. The van der Waals surface area contributed by atoms with Crippen molar-refractivity contribution in [2.24, 2.45) is 0 Å². The second-order valence-electron chi connectivity index (χ2n) is 16.6. The fourth-order valence-electron chi connectivity index (χ4n) is 7.73. The summed E-state index contributed by atoms with van der Waals surface area (Å²) in [5.41, 5.74) is 10.2. The molecule has 368 valence electrons. The number of amides is 4. The Morgan fingerprint density at radius 1 is 0.577 bits per heavy atom. The predicted octanol–water partition coefficient (Wildman–Crippen LogP) is 12.7. The molecule has 0 saturated carbocycles. The van der Waals surface area contributed by atoms with Crippen molar-refractivity contribution in [1.82, 2.24) is 29.1 Å². The summed E-state index contributed by atoms with van der Waals surface area (Å²) < 4.78 is 145. The average molecular weight is 993 g/mol. The van der Waals surface area contributed by atoms with Gasteiger partial charge >= 0.3 is 30.3 Å². The molecule has 0 atom stereocenters. The van der Waals surface area contributed by atoms with Crippen LogP contribution in [0.1, 0.15) is 50.9 Å². The smallest absolute Gasteiger partial charge is 0.383 e. The number of nitrogens with one attached hydrogen (secondary N) is 4. The van der Waals surface area contributed by atoms with Crippen LogP contribution in [0, 0.1) is 11.6 Å². The number of alkyl halides is 8. The van der Waals surface area contributed by atoms with Gasteiger partial charge in [-0.05, 0) is 93.4 Å². The molecule has 0 aliphatic heterocycles. The molecular formula is C47H38F10N12O2. The molecule has 8 rings (SSSR count). The number of aromatic nitrogens is 6. The van der Waals surface area contributed by atoms with Crippen molar-refractivity contribution in [1.29, 1.82) is 0 Å². The minimum Gasteiger partial charge on any atom is -0.383 e. The molecule has 0 unspecified atom stereocenters. The molecule has 0 spiro atoms. The van der Waals surface area contributed by atoms with Gasteiger partial charge in [0.2, 0.25) is 0 Å². The van der Waals surface area contributed by atoms with Crippen molar-refractivity contribution in [2.75, 3.05) is 32.7 Å². The number of nitrogens with two attached hydrogens (primary N) is 2. The molecule has 4 amide bonds. The monoisotopic (exact) mass is 992 g/mol. The molecule has 0 saturated heterocycles. The van der Waals surface area contributed by atoms with Crippen molar-refractivity contribution in [2.45, 2.75) is 58.1 Å². The summed E-state index contributed by atoms with van der Waals surface area (Å²) >= 11 is 0.